The SMILES string of the molecule is CC[C@@H](C)NC(=O)[C@H](Cc1ccccc1)N(Cc1ccc(Cl)cc1)C(=O)CN(c1ccc2c(c1)OCO2)S(=O)(=O)CC. The Bertz CT molecular complexity index is 1480. The number of hydrogen-bond acceptors (Lipinski definition) is 6. The summed E-state index contributed by atoms with van der Waals surface area (Å²) >= 11 is 6.11. The molecule has 3 aromatic rings. The van der Waals surface area contributed by atoms with E-state index in [1.54, 1.807) is 42.5 Å². The van der Waals surface area contributed by atoms with E-state index in [2.05, 4.69) is 5.32 Å². The van der Waals surface area contributed by atoms with Gasteiger partial charge in [0.05, 0.1) is 11.4 Å². The van der Waals surface area contributed by atoms with Gasteiger partial charge in [-0.1, -0.05) is 61.0 Å². The Morgan fingerprint density at radius 1 is 0.952 bits per heavy atom. The van der Waals surface area contributed by atoms with Crippen LogP contribution in [0, 0.1) is 0 Å². The Morgan fingerprint density at radius 3 is 2.31 bits per heavy atom. The Morgan fingerprint density at radius 2 is 1.64 bits per heavy atom. The van der Waals surface area contributed by atoms with Gasteiger partial charge in [-0.25, -0.2) is 8.42 Å². The first-order chi connectivity index (χ1) is 20.1. The lowest BCUT2D eigenvalue weighted by molar-refractivity contribution is -0.140. The van der Waals surface area contributed by atoms with Crippen LogP contribution in [0.15, 0.2) is 72.8 Å². The van der Waals surface area contributed by atoms with Crippen LogP contribution in [-0.2, 0) is 32.6 Å². The number of sulfonamides is 1. The summed E-state index contributed by atoms with van der Waals surface area (Å²) in [5.41, 5.74) is 1.88. The molecule has 1 N–H and O–H groups in total. The summed E-state index contributed by atoms with van der Waals surface area (Å²) in [6.45, 7) is 4.97. The number of hydrogen-bond donors (Lipinski definition) is 1. The maximum atomic E-state index is 14.2. The van der Waals surface area contributed by atoms with Crippen LogP contribution in [0.2, 0.25) is 5.02 Å². The second kappa shape index (κ2) is 13.9. The molecule has 2 atom stereocenters. The Kier molecular flexibility index (Phi) is 10.3. The van der Waals surface area contributed by atoms with Crippen LogP contribution in [0.1, 0.15) is 38.3 Å². The highest BCUT2D eigenvalue weighted by atomic mass is 35.5. The fraction of sp³-hybridized carbons (Fsp3) is 0.355. The van der Waals surface area contributed by atoms with Crippen LogP contribution in [0.5, 0.6) is 11.5 Å². The molecular weight excluding hydrogens is 578 g/mol. The minimum atomic E-state index is -3.89. The highest BCUT2D eigenvalue weighted by Crippen LogP contribution is 2.36. The number of amides is 2. The molecule has 0 spiro atoms. The maximum absolute atomic E-state index is 14.2. The Labute approximate surface area is 252 Å². The molecule has 0 radical (unpaired) electrons. The van der Waals surface area contributed by atoms with Gasteiger partial charge < -0.3 is 19.7 Å². The minimum absolute atomic E-state index is 0.0274. The predicted molar refractivity (Wildman–Crippen MR) is 163 cm³/mol. The van der Waals surface area contributed by atoms with Crippen molar-refractivity contribution in [1.82, 2.24) is 10.2 Å². The number of nitrogens with one attached hydrogen (secondary N) is 1. The van der Waals surface area contributed by atoms with Crippen molar-refractivity contribution < 1.29 is 27.5 Å². The van der Waals surface area contributed by atoms with Crippen LogP contribution >= 0.6 is 11.6 Å². The van der Waals surface area contributed by atoms with Crippen molar-refractivity contribution in [2.45, 2.75) is 52.2 Å². The molecule has 0 bridgehead atoms. The zero-order chi connectivity index (χ0) is 30.3. The molecule has 42 heavy (non-hydrogen) atoms. The third-order valence-electron chi connectivity index (χ3n) is 7.16. The van der Waals surface area contributed by atoms with Gasteiger partial charge in [0.15, 0.2) is 11.5 Å². The topological polar surface area (TPSA) is 105 Å². The molecule has 224 valence electrons. The largest absolute Gasteiger partial charge is 0.454 e. The molecule has 1 aliphatic rings. The lowest BCUT2D eigenvalue weighted by Gasteiger charge is -2.34. The molecule has 0 aliphatic carbocycles. The van der Waals surface area contributed by atoms with Crippen molar-refractivity contribution in [2.24, 2.45) is 0 Å². The molecule has 1 aliphatic heterocycles. The first-order valence-corrected chi connectivity index (χ1v) is 15.9. The van der Waals surface area contributed by atoms with Gasteiger partial charge in [0.2, 0.25) is 28.6 Å². The van der Waals surface area contributed by atoms with E-state index >= 15 is 0 Å². The molecule has 3 aromatic carbocycles. The van der Waals surface area contributed by atoms with Gasteiger partial charge in [-0.15, -0.1) is 0 Å². The number of carbonyl (C=O) groups excluding carboxylic acids is 2. The highest BCUT2D eigenvalue weighted by molar-refractivity contribution is 7.92. The summed E-state index contributed by atoms with van der Waals surface area (Å²) in [7, 11) is -3.89. The van der Waals surface area contributed by atoms with Crippen LogP contribution in [0.4, 0.5) is 5.69 Å². The average molecular weight is 614 g/mol. The van der Waals surface area contributed by atoms with Gasteiger partial charge in [0.25, 0.3) is 0 Å². The van der Waals surface area contributed by atoms with Gasteiger partial charge in [-0.05, 0) is 55.7 Å². The second-order valence-corrected chi connectivity index (χ2v) is 12.7. The first-order valence-electron chi connectivity index (χ1n) is 13.9. The average Bonchev–Trinajstić information content (AvgIpc) is 3.47. The standard InChI is InChI=1S/C31H36ClN3O6S/c1-4-22(3)33-31(37)27(17-23-9-7-6-8-10-23)34(19-24-11-13-25(32)14-12-24)30(36)20-35(42(38,39)5-2)26-15-16-28-29(18-26)41-21-40-28/h6-16,18,22,27H,4-5,17,19-21H2,1-3H3,(H,33,37)/t22-,27+/m1/s1. The van der Waals surface area contributed by atoms with Gasteiger partial charge in [0, 0.05) is 30.1 Å². The number of ether oxygens (including phenoxy) is 2. The summed E-state index contributed by atoms with van der Waals surface area (Å²) in [4.78, 5) is 29.5. The van der Waals surface area contributed by atoms with E-state index in [0.29, 0.717) is 22.9 Å². The van der Waals surface area contributed by atoms with Crippen LogP contribution in [0.25, 0.3) is 0 Å². The molecule has 11 heteroatoms. The van der Waals surface area contributed by atoms with Crippen molar-refractivity contribution in [3.8, 4) is 11.5 Å². The smallest absolute Gasteiger partial charge is 0.244 e. The zero-order valence-electron chi connectivity index (χ0n) is 24.0. The molecule has 2 amide bonds. The zero-order valence-corrected chi connectivity index (χ0v) is 25.5. The van der Waals surface area contributed by atoms with Gasteiger partial charge in [-0.2, -0.15) is 0 Å². The van der Waals surface area contributed by atoms with Crippen molar-refractivity contribution in [3.63, 3.8) is 0 Å². The fourth-order valence-corrected chi connectivity index (χ4v) is 5.72. The number of anilines is 1. The van der Waals surface area contributed by atoms with Crippen LogP contribution in [0.3, 0.4) is 0 Å². The lowest BCUT2D eigenvalue weighted by Crippen LogP contribution is -2.54. The second-order valence-electron chi connectivity index (χ2n) is 10.1. The molecule has 0 saturated carbocycles. The molecular formula is C31H36ClN3O6S. The molecule has 4 rings (SSSR count). The molecule has 0 aromatic heterocycles. The number of benzene rings is 3. The van der Waals surface area contributed by atoms with Crippen molar-refractivity contribution in [3.05, 3.63) is 88.9 Å². The van der Waals surface area contributed by atoms with E-state index in [4.69, 9.17) is 21.1 Å². The summed E-state index contributed by atoms with van der Waals surface area (Å²) in [5.74, 6) is -0.186. The Balaban J connectivity index is 1.74. The molecule has 0 saturated heterocycles. The van der Waals surface area contributed by atoms with Crippen molar-refractivity contribution in [1.29, 1.82) is 0 Å². The third kappa shape index (κ3) is 7.74. The normalized spacial score (nSPS) is 13.7. The summed E-state index contributed by atoms with van der Waals surface area (Å²) in [5, 5.41) is 3.56. The van der Waals surface area contributed by atoms with Gasteiger partial charge >= 0.3 is 0 Å². The summed E-state index contributed by atoms with van der Waals surface area (Å²) in [6, 6.07) is 20.1. The first kappa shape index (κ1) is 31.2. The van der Waals surface area contributed by atoms with Gasteiger partial charge in [-0.3, -0.25) is 13.9 Å². The van der Waals surface area contributed by atoms with E-state index in [9.17, 15) is 18.0 Å². The fourth-order valence-electron chi connectivity index (χ4n) is 4.54. The van der Waals surface area contributed by atoms with Crippen molar-refractivity contribution >= 4 is 39.1 Å². The lowest BCUT2D eigenvalue weighted by atomic mass is 10.0. The number of nitrogens with zero attached hydrogens (tertiary/aromatic N) is 2. The van der Waals surface area contributed by atoms with E-state index in [1.165, 1.54) is 11.8 Å². The predicted octanol–water partition coefficient (Wildman–Crippen LogP) is 4.78. The van der Waals surface area contributed by atoms with Gasteiger partial charge in [0.1, 0.15) is 12.6 Å². The Hall–Kier alpha value is -3.76. The molecule has 0 unspecified atom stereocenters. The van der Waals surface area contributed by atoms with Crippen LogP contribution in [-0.4, -0.2) is 56.3 Å². The van der Waals surface area contributed by atoms with E-state index in [1.807, 2.05) is 44.2 Å². The number of rotatable bonds is 13. The quantitative estimate of drug-likeness (QED) is 0.298. The maximum Gasteiger partial charge on any atom is 0.244 e. The minimum Gasteiger partial charge on any atom is -0.454 e. The van der Waals surface area contributed by atoms with E-state index in [-0.39, 0.29) is 43.1 Å². The summed E-state index contributed by atoms with van der Waals surface area (Å²) in [6.07, 6.45) is 0.953. The number of carbonyl (C=O) groups is 2. The van der Waals surface area contributed by atoms with Crippen LogP contribution < -0.4 is 19.1 Å². The molecule has 9 nitrogen and oxygen atoms in total. The number of halogens is 1. The van der Waals surface area contributed by atoms with E-state index < -0.39 is 28.5 Å². The molecule has 0 fully saturated rings. The van der Waals surface area contributed by atoms with Crippen molar-refractivity contribution in [2.75, 3.05) is 23.4 Å². The van der Waals surface area contributed by atoms with E-state index in [0.717, 1.165) is 15.4 Å². The summed E-state index contributed by atoms with van der Waals surface area (Å²) < 4.78 is 38.5. The number of fused-ring (bicyclic) bond motifs is 1. The monoisotopic (exact) mass is 613 g/mol. The highest BCUT2D eigenvalue weighted by Gasteiger charge is 2.34. The third-order valence-corrected chi connectivity index (χ3v) is 9.15. The molecule has 1 heterocycles.